The first kappa shape index (κ1) is 17.8. The zero-order chi connectivity index (χ0) is 18.1. The van der Waals surface area contributed by atoms with Crippen LogP contribution >= 0.6 is 0 Å². The van der Waals surface area contributed by atoms with Crippen molar-refractivity contribution in [3.63, 3.8) is 0 Å². The van der Waals surface area contributed by atoms with Crippen molar-refractivity contribution in [3.8, 4) is 5.75 Å². The van der Waals surface area contributed by atoms with Gasteiger partial charge in [0.25, 0.3) is 0 Å². The summed E-state index contributed by atoms with van der Waals surface area (Å²) in [5, 5.41) is 6.58. The molecule has 4 heteroatoms. The second kappa shape index (κ2) is 7.22. The van der Waals surface area contributed by atoms with Crippen molar-refractivity contribution in [2.24, 2.45) is 23.2 Å². The highest BCUT2D eigenvalue weighted by Crippen LogP contribution is 2.59. The number of rotatable bonds is 7. The van der Waals surface area contributed by atoms with E-state index >= 15 is 0 Å². The maximum absolute atomic E-state index is 12.4. The average Bonchev–Trinajstić information content (AvgIpc) is 2.63. The van der Waals surface area contributed by atoms with E-state index in [9.17, 15) is 4.79 Å². The highest BCUT2D eigenvalue weighted by atomic mass is 16.5. The molecule has 1 amide bonds. The number of methoxy groups -OCH3 is 1. The number of para-hydroxylation sites is 1. The third kappa shape index (κ3) is 3.62. The van der Waals surface area contributed by atoms with Gasteiger partial charge in [0.2, 0.25) is 5.91 Å². The highest BCUT2D eigenvalue weighted by Gasteiger charge is 2.50. The van der Waals surface area contributed by atoms with Gasteiger partial charge in [0.1, 0.15) is 5.75 Å². The molecule has 2 N–H and O–H groups in total. The van der Waals surface area contributed by atoms with E-state index in [1.54, 1.807) is 7.11 Å². The van der Waals surface area contributed by atoms with Gasteiger partial charge in [-0.25, -0.2) is 0 Å². The summed E-state index contributed by atoms with van der Waals surface area (Å²) in [4.78, 5) is 12.4. The lowest BCUT2D eigenvalue weighted by atomic mass is 9.49. The van der Waals surface area contributed by atoms with E-state index < -0.39 is 0 Å². The van der Waals surface area contributed by atoms with E-state index in [2.05, 4.69) is 17.6 Å². The molecular weight excluding hydrogens is 324 g/mol. The van der Waals surface area contributed by atoms with E-state index in [1.165, 1.54) is 38.5 Å². The van der Waals surface area contributed by atoms with Crippen molar-refractivity contribution >= 4 is 5.91 Å². The Balaban J connectivity index is 1.27. The van der Waals surface area contributed by atoms with E-state index in [1.807, 2.05) is 24.3 Å². The third-order valence-electron chi connectivity index (χ3n) is 7.00. The molecule has 1 aromatic carbocycles. The Hall–Kier alpha value is -1.55. The lowest BCUT2D eigenvalue weighted by Crippen LogP contribution is -2.51. The van der Waals surface area contributed by atoms with Crippen LogP contribution in [0.25, 0.3) is 0 Å². The first-order valence-corrected chi connectivity index (χ1v) is 10.2. The standard InChI is InChI=1S/C22H32N2O2/c1-15(19-5-3-4-6-20(19)26-2)23-13-21(25)24-14-22-10-16-7-17(11-22)9-18(8-16)12-22/h3-6,15-18,23H,7-14H2,1-2H3,(H,24,25)/t15-,16?,17?,18?,22?/m0/s1. The largest absolute Gasteiger partial charge is 0.496 e. The van der Waals surface area contributed by atoms with Crippen LogP contribution in [0.5, 0.6) is 5.75 Å². The summed E-state index contributed by atoms with van der Waals surface area (Å²) < 4.78 is 5.42. The number of hydrogen-bond donors (Lipinski definition) is 2. The average molecular weight is 357 g/mol. The summed E-state index contributed by atoms with van der Waals surface area (Å²) in [6.45, 7) is 3.30. The maximum atomic E-state index is 12.4. The van der Waals surface area contributed by atoms with Gasteiger partial charge >= 0.3 is 0 Å². The van der Waals surface area contributed by atoms with Crippen molar-refractivity contribution in [1.29, 1.82) is 0 Å². The van der Waals surface area contributed by atoms with E-state index in [-0.39, 0.29) is 11.9 Å². The summed E-state index contributed by atoms with van der Waals surface area (Å²) >= 11 is 0. The fraction of sp³-hybridized carbons (Fsp3) is 0.682. The predicted octanol–water partition coefficient (Wildman–Crippen LogP) is 3.68. The maximum Gasteiger partial charge on any atom is 0.233 e. The Morgan fingerprint density at radius 3 is 2.38 bits per heavy atom. The first-order valence-electron chi connectivity index (χ1n) is 10.2. The van der Waals surface area contributed by atoms with Crippen LogP contribution < -0.4 is 15.4 Å². The number of nitrogens with one attached hydrogen (secondary N) is 2. The van der Waals surface area contributed by atoms with Crippen LogP contribution in [0.2, 0.25) is 0 Å². The topological polar surface area (TPSA) is 50.4 Å². The number of hydrogen-bond acceptors (Lipinski definition) is 3. The quantitative estimate of drug-likeness (QED) is 0.783. The molecule has 142 valence electrons. The fourth-order valence-electron chi connectivity index (χ4n) is 6.23. The minimum absolute atomic E-state index is 0.0800. The van der Waals surface area contributed by atoms with Crippen molar-refractivity contribution in [2.75, 3.05) is 20.2 Å². The monoisotopic (exact) mass is 356 g/mol. The summed E-state index contributed by atoms with van der Waals surface area (Å²) in [7, 11) is 1.68. The van der Waals surface area contributed by atoms with Gasteiger partial charge in [-0.05, 0) is 74.7 Å². The van der Waals surface area contributed by atoms with Crippen LogP contribution in [0.1, 0.15) is 57.1 Å². The molecule has 1 aromatic rings. The Bertz CT molecular complexity index is 622. The molecule has 0 aliphatic heterocycles. The molecule has 4 fully saturated rings. The van der Waals surface area contributed by atoms with Crippen molar-refractivity contribution in [2.45, 2.75) is 51.5 Å². The Morgan fingerprint density at radius 2 is 1.77 bits per heavy atom. The van der Waals surface area contributed by atoms with Crippen molar-refractivity contribution in [1.82, 2.24) is 10.6 Å². The molecule has 0 saturated heterocycles. The van der Waals surface area contributed by atoms with Crippen molar-refractivity contribution < 1.29 is 9.53 Å². The van der Waals surface area contributed by atoms with Gasteiger partial charge in [-0.3, -0.25) is 4.79 Å². The van der Waals surface area contributed by atoms with Crippen LogP contribution in [0.15, 0.2) is 24.3 Å². The number of ether oxygens (including phenoxy) is 1. The molecule has 1 atom stereocenters. The van der Waals surface area contributed by atoms with Gasteiger partial charge in [0.15, 0.2) is 0 Å². The normalized spacial score (nSPS) is 33.1. The molecule has 4 nitrogen and oxygen atoms in total. The number of benzene rings is 1. The second-order valence-corrected chi connectivity index (χ2v) is 9.04. The zero-order valence-corrected chi connectivity index (χ0v) is 16.1. The Morgan fingerprint density at radius 1 is 1.15 bits per heavy atom. The number of carbonyl (C=O) groups is 1. The van der Waals surface area contributed by atoms with E-state index in [4.69, 9.17) is 4.74 Å². The van der Waals surface area contributed by atoms with Crippen LogP contribution in [0.4, 0.5) is 0 Å². The molecule has 0 spiro atoms. The minimum Gasteiger partial charge on any atom is -0.496 e. The molecule has 4 aliphatic rings. The fourth-order valence-corrected chi connectivity index (χ4v) is 6.23. The van der Waals surface area contributed by atoms with Crippen molar-refractivity contribution in [3.05, 3.63) is 29.8 Å². The zero-order valence-electron chi connectivity index (χ0n) is 16.1. The highest BCUT2D eigenvalue weighted by molar-refractivity contribution is 5.78. The summed E-state index contributed by atoms with van der Waals surface area (Å²) in [6.07, 6.45) is 8.36. The molecule has 5 rings (SSSR count). The van der Waals surface area contributed by atoms with E-state index in [0.29, 0.717) is 12.0 Å². The molecule has 4 saturated carbocycles. The minimum atomic E-state index is 0.0800. The number of amides is 1. The van der Waals surface area contributed by atoms with E-state index in [0.717, 1.165) is 35.6 Å². The smallest absolute Gasteiger partial charge is 0.233 e. The molecule has 0 aromatic heterocycles. The van der Waals surface area contributed by atoms with Gasteiger partial charge in [0.05, 0.1) is 13.7 Å². The van der Waals surface area contributed by atoms with Crippen LogP contribution in [0.3, 0.4) is 0 Å². The Labute approximate surface area is 157 Å². The predicted molar refractivity (Wildman–Crippen MR) is 103 cm³/mol. The lowest BCUT2D eigenvalue weighted by Gasteiger charge is -2.56. The van der Waals surface area contributed by atoms with Crippen LogP contribution in [-0.2, 0) is 4.79 Å². The molecule has 4 aliphatic carbocycles. The molecule has 4 bridgehead atoms. The van der Waals surface area contributed by atoms with Crippen LogP contribution in [0, 0.1) is 23.2 Å². The summed E-state index contributed by atoms with van der Waals surface area (Å²) in [5.74, 6) is 3.77. The van der Waals surface area contributed by atoms with Gasteiger partial charge in [-0.15, -0.1) is 0 Å². The van der Waals surface area contributed by atoms with Gasteiger partial charge in [-0.2, -0.15) is 0 Å². The number of carbonyl (C=O) groups excluding carboxylic acids is 1. The molecule has 0 unspecified atom stereocenters. The first-order chi connectivity index (χ1) is 12.6. The Kier molecular flexibility index (Phi) is 4.96. The summed E-state index contributed by atoms with van der Waals surface area (Å²) in [6, 6.07) is 8.05. The molecule has 0 heterocycles. The van der Waals surface area contributed by atoms with Gasteiger partial charge in [0, 0.05) is 18.2 Å². The summed E-state index contributed by atoms with van der Waals surface area (Å²) in [5.41, 5.74) is 1.49. The molecule has 26 heavy (non-hydrogen) atoms. The molecular formula is C22H32N2O2. The second-order valence-electron chi connectivity index (χ2n) is 9.04. The van der Waals surface area contributed by atoms with Gasteiger partial charge in [-0.1, -0.05) is 18.2 Å². The lowest BCUT2D eigenvalue weighted by molar-refractivity contribution is -0.122. The van der Waals surface area contributed by atoms with Gasteiger partial charge < -0.3 is 15.4 Å². The van der Waals surface area contributed by atoms with Crippen LogP contribution in [-0.4, -0.2) is 26.1 Å². The molecule has 0 radical (unpaired) electrons. The third-order valence-corrected chi connectivity index (χ3v) is 7.00. The SMILES string of the molecule is COc1ccccc1[C@H](C)NCC(=O)NCC12CC3CC(CC(C3)C1)C2.